The van der Waals surface area contributed by atoms with Crippen molar-refractivity contribution in [3.8, 4) is 28.3 Å². The van der Waals surface area contributed by atoms with E-state index in [-0.39, 0.29) is 17.0 Å². The second-order valence-electron chi connectivity index (χ2n) is 7.42. The predicted molar refractivity (Wildman–Crippen MR) is 117 cm³/mol. The second-order valence-corrected chi connectivity index (χ2v) is 7.42. The van der Waals surface area contributed by atoms with Gasteiger partial charge < -0.3 is 9.47 Å². The zero-order valence-electron chi connectivity index (χ0n) is 18.1. The van der Waals surface area contributed by atoms with Gasteiger partial charge in [0.1, 0.15) is 11.4 Å². The quantitative estimate of drug-likeness (QED) is 0.417. The van der Waals surface area contributed by atoms with E-state index in [9.17, 15) is 13.6 Å². The highest BCUT2D eigenvalue weighted by Crippen LogP contribution is 2.38. The van der Waals surface area contributed by atoms with Crippen LogP contribution in [0.25, 0.3) is 38.8 Å². The van der Waals surface area contributed by atoms with E-state index in [0.29, 0.717) is 33.2 Å². The zero-order chi connectivity index (χ0) is 23.4. The van der Waals surface area contributed by atoms with Crippen molar-refractivity contribution in [3.63, 3.8) is 0 Å². The summed E-state index contributed by atoms with van der Waals surface area (Å²) in [6.45, 7) is 0. The molecule has 0 bridgehead atoms. The Morgan fingerprint density at radius 3 is 2.39 bits per heavy atom. The summed E-state index contributed by atoms with van der Waals surface area (Å²) in [5, 5.41) is 4.26. The Labute approximate surface area is 185 Å². The number of hydrogen-bond donors (Lipinski definition) is 0. The summed E-state index contributed by atoms with van der Waals surface area (Å²) in [6.07, 6.45) is 5.37. The lowest BCUT2D eigenvalue weighted by atomic mass is 10.0. The van der Waals surface area contributed by atoms with Gasteiger partial charge in [-0.3, -0.25) is 23.8 Å². The molecule has 168 valence electrons. The minimum atomic E-state index is -0.735. The number of nitrogens with zero attached hydrogens (tertiary/aromatic N) is 6. The summed E-state index contributed by atoms with van der Waals surface area (Å²) in [5.41, 5.74) is 1.34. The van der Waals surface area contributed by atoms with Gasteiger partial charge in [-0.05, 0) is 6.07 Å². The second kappa shape index (κ2) is 7.40. The van der Waals surface area contributed by atoms with Gasteiger partial charge in [-0.2, -0.15) is 4.39 Å². The number of aromatic nitrogens is 6. The van der Waals surface area contributed by atoms with Crippen molar-refractivity contribution in [2.24, 2.45) is 14.1 Å². The van der Waals surface area contributed by atoms with Crippen LogP contribution in [0.1, 0.15) is 0 Å². The first-order valence-electron chi connectivity index (χ1n) is 9.81. The molecule has 11 heteroatoms. The molecule has 0 unspecified atom stereocenters. The number of hydrogen-bond acceptors (Lipinski definition) is 6. The van der Waals surface area contributed by atoms with Gasteiger partial charge in [0.2, 0.25) is 5.95 Å². The number of ether oxygens (including phenoxy) is 2. The minimum Gasteiger partial charge on any atom is -0.496 e. The van der Waals surface area contributed by atoms with Gasteiger partial charge in [0.15, 0.2) is 11.6 Å². The summed E-state index contributed by atoms with van der Waals surface area (Å²) in [7, 11) is 6.00. The minimum absolute atomic E-state index is 0.0828. The molecule has 5 aromatic rings. The lowest BCUT2D eigenvalue weighted by Gasteiger charge is -2.13. The van der Waals surface area contributed by atoms with Gasteiger partial charge in [0.25, 0.3) is 0 Å². The standard InChI is InChI=1S/C22H18F2N6O3/c1-28-10-13(21(24)27-28)11-5-12-15(6-17(11)32-3)26-8-16-19(12)30(22(31)29(16)2)20-14(23)7-25-9-18(20)33-4/h5-10H,1-4H3. The number of aryl methyl sites for hydroxylation is 2. The van der Waals surface area contributed by atoms with Crippen molar-refractivity contribution in [1.82, 2.24) is 28.9 Å². The molecule has 0 saturated carbocycles. The zero-order valence-corrected chi connectivity index (χ0v) is 18.1. The average Bonchev–Trinajstić information content (AvgIpc) is 3.27. The van der Waals surface area contributed by atoms with E-state index in [1.807, 2.05) is 0 Å². The molecule has 0 spiro atoms. The number of halogens is 2. The fraction of sp³-hybridized carbons (Fsp3) is 0.182. The average molecular weight is 452 g/mol. The number of imidazole rings is 1. The van der Waals surface area contributed by atoms with Crippen LogP contribution in [0.2, 0.25) is 0 Å². The Morgan fingerprint density at radius 2 is 1.73 bits per heavy atom. The maximum Gasteiger partial charge on any atom is 0.333 e. The van der Waals surface area contributed by atoms with Gasteiger partial charge in [0.05, 0.1) is 54.9 Å². The molecule has 4 aromatic heterocycles. The van der Waals surface area contributed by atoms with Crippen LogP contribution in [0.4, 0.5) is 8.78 Å². The van der Waals surface area contributed by atoms with Crippen LogP contribution in [0.3, 0.4) is 0 Å². The SMILES string of the molecule is COc1cc2ncc3c(c2cc1-c1cn(C)nc1F)n(-c1c(F)cncc1OC)c(=O)n3C. The summed E-state index contributed by atoms with van der Waals surface area (Å²) in [4.78, 5) is 21.5. The topological polar surface area (TPSA) is 89.0 Å². The molecule has 9 nitrogen and oxygen atoms in total. The molecule has 0 aliphatic carbocycles. The lowest BCUT2D eigenvalue weighted by Crippen LogP contribution is -2.22. The van der Waals surface area contributed by atoms with Gasteiger partial charge >= 0.3 is 5.69 Å². The van der Waals surface area contributed by atoms with Crippen molar-refractivity contribution in [2.75, 3.05) is 14.2 Å². The fourth-order valence-electron chi connectivity index (χ4n) is 4.03. The normalized spacial score (nSPS) is 11.5. The molecular formula is C22H18F2N6O3. The Kier molecular flexibility index (Phi) is 4.62. The number of fused-ring (bicyclic) bond motifs is 3. The van der Waals surface area contributed by atoms with Crippen LogP contribution < -0.4 is 15.2 Å². The fourth-order valence-corrected chi connectivity index (χ4v) is 4.03. The van der Waals surface area contributed by atoms with Crippen molar-refractivity contribution >= 4 is 21.9 Å². The van der Waals surface area contributed by atoms with Gasteiger partial charge in [0, 0.05) is 37.3 Å². The molecule has 4 heterocycles. The van der Waals surface area contributed by atoms with Gasteiger partial charge in [-0.1, -0.05) is 0 Å². The van der Waals surface area contributed by atoms with Crippen molar-refractivity contribution in [3.05, 3.63) is 59.2 Å². The molecule has 0 fully saturated rings. The molecule has 0 aliphatic heterocycles. The third kappa shape index (κ3) is 2.96. The van der Waals surface area contributed by atoms with E-state index in [1.165, 1.54) is 46.6 Å². The number of methoxy groups -OCH3 is 2. The highest BCUT2D eigenvalue weighted by Gasteiger charge is 2.24. The monoisotopic (exact) mass is 452 g/mol. The molecule has 0 N–H and O–H groups in total. The van der Waals surface area contributed by atoms with E-state index in [2.05, 4.69) is 15.1 Å². The third-order valence-corrected chi connectivity index (χ3v) is 5.56. The van der Waals surface area contributed by atoms with E-state index in [4.69, 9.17) is 9.47 Å². The molecule has 5 rings (SSSR count). The maximum atomic E-state index is 15.0. The van der Waals surface area contributed by atoms with Crippen LogP contribution in [0, 0.1) is 11.8 Å². The molecule has 0 atom stereocenters. The van der Waals surface area contributed by atoms with Crippen LogP contribution >= 0.6 is 0 Å². The van der Waals surface area contributed by atoms with Crippen LogP contribution in [-0.2, 0) is 14.1 Å². The number of rotatable bonds is 4. The van der Waals surface area contributed by atoms with Gasteiger partial charge in [-0.15, -0.1) is 5.10 Å². The van der Waals surface area contributed by atoms with Crippen LogP contribution in [0.5, 0.6) is 11.5 Å². The molecule has 0 saturated heterocycles. The molecule has 0 amide bonds. The summed E-state index contributed by atoms with van der Waals surface area (Å²) in [6, 6.07) is 3.30. The summed E-state index contributed by atoms with van der Waals surface area (Å²) in [5.74, 6) is -0.955. The first-order chi connectivity index (χ1) is 15.8. The van der Waals surface area contributed by atoms with Crippen LogP contribution in [0.15, 0.2) is 41.7 Å². The third-order valence-electron chi connectivity index (χ3n) is 5.56. The molecule has 33 heavy (non-hydrogen) atoms. The van der Waals surface area contributed by atoms with E-state index in [0.717, 1.165) is 6.20 Å². The van der Waals surface area contributed by atoms with Gasteiger partial charge in [-0.25, -0.2) is 9.18 Å². The molecule has 0 radical (unpaired) electrons. The molecule has 1 aromatic carbocycles. The van der Waals surface area contributed by atoms with E-state index < -0.39 is 17.5 Å². The Morgan fingerprint density at radius 1 is 0.970 bits per heavy atom. The van der Waals surface area contributed by atoms with Crippen molar-refractivity contribution in [1.29, 1.82) is 0 Å². The predicted octanol–water partition coefficient (Wildman–Crippen LogP) is 2.97. The smallest absolute Gasteiger partial charge is 0.333 e. The molecule has 0 aliphatic rings. The first-order valence-corrected chi connectivity index (χ1v) is 9.81. The summed E-state index contributed by atoms with van der Waals surface area (Å²) < 4.78 is 44.2. The van der Waals surface area contributed by atoms with E-state index >= 15 is 0 Å². The van der Waals surface area contributed by atoms with Crippen molar-refractivity contribution < 1.29 is 18.3 Å². The highest BCUT2D eigenvalue weighted by molar-refractivity contribution is 6.05. The Hall–Kier alpha value is -4.28. The number of benzene rings is 1. The maximum absolute atomic E-state index is 15.0. The Bertz CT molecular complexity index is 1620. The first kappa shape index (κ1) is 20.6. The highest BCUT2D eigenvalue weighted by atomic mass is 19.1. The number of pyridine rings is 2. The van der Waals surface area contributed by atoms with Crippen LogP contribution in [-0.4, -0.2) is 43.1 Å². The molecular weight excluding hydrogens is 434 g/mol. The van der Waals surface area contributed by atoms with Crippen molar-refractivity contribution in [2.45, 2.75) is 0 Å². The Balaban J connectivity index is 1.97. The largest absolute Gasteiger partial charge is 0.496 e. The lowest BCUT2D eigenvalue weighted by molar-refractivity contribution is 0.406. The van der Waals surface area contributed by atoms with E-state index in [1.54, 1.807) is 26.2 Å². The summed E-state index contributed by atoms with van der Waals surface area (Å²) >= 11 is 0.